The van der Waals surface area contributed by atoms with Gasteiger partial charge in [-0.2, -0.15) is 0 Å². The maximum absolute atomic E-state index is 12.9. The van der Waals surface area contributed by atoms with Crippen molar-refractivity contribution in [2.24, 2.45) is 5.92 Å². The minimum Gasteiger partial charge on any atom is -0.376 e. The number of ether oxygens (including phenoxy) is 1. The number of hydrogen-bond acceptors (Lipinski definition) is 3. The summed E-state index contributed by atoms with van der Waals surface area (Å²) >= 11 is 0. The SMILES string of the molecule is O=C(NCC1CCCO1)C1CC(=O)N(Cc2ccc(F)cc2)C1. The number of rotatable bonds is 5. The summed E-state index contributed by atoms with van der Waals surface area (Å²) in [6, 6.07) is 6.07. The standard InChI is InChI=1S/C17H21FN2O3/c18-14-5-3-12(4-6-14)10-20-11-13(8-16(20)21)17(22)19-9-15-2-1-7-23-15/h3-6,13,15H,1-2,7-11H2,(H,19,22). The van der Waals surface area contributed by atoms with Crippen LogP contribution >= 0.6 is 0 Å². The summed E-state index contributed by atoms with van der Waals surface area (Å²) in [5.74, 6) is -0.737. The van der Waals surface area contributed by atoms with Gasteiger partial charge in [0, 0.05) is 32.7 Å². The van der Waals surface area contributed by atoms with Crippen LogP contribution in [0.15, 0.2) is 24.3 Å². The van der Waals surface area contributed by atoms with Crippen molar-refractivity contribution in [3.8, 4) is 0 Å². The smallest absolute Gasteiger partial charge is 0.225 e. The molecule has 124 valence electrons. The highest BCUT2D eigenvalue weighted by Gasteiger charge is 2.34. The number of hydrogen-bond donors (Lipinski definition) is 1. The van der Waals surface area contributed by atoms with E-state index < -0.39 is 0 Å². The van der Waals surface area contributed by atoms with Crippen molar-refractivity contribution in [3.63, 3.8) is 0 Å². The van der Waals surface area contributed by atoms with Crippen LogP contribution in [-0.4, -0.2) is 42.5 Å². The van der Waals surface area contributed by atoms with Gasteiger partial charge in [-0.1, -0.05) is 12.1 Å². The van der Waals surface area contributed by atoms with E-state index >= 15 is 0 Å². The van der Waals surface area contributed by atoms with Gasteiger partial charge in [0.1, 0.15) is 5.82 Å². The first-order valence-electron chi connectivity index (χ1n) is 8.03. The molecule has 2 aliphatic heterocycles. The molecule has 0 spiro atoms. The van der Waals surface area contributed by atoms with E-state index in [1.807, 2.05) is 0 Å². The van der Waals surface area contributed by atoms with Crippen molar-refractivity contribution in [1.29, 1.82) is 0 Å². The molecule has 2 aliphatic rings. The zero-order chi connectivity index (χ0) is 16.2. The number of carbonyl (C=O) groups excluding carboxylic acids is 2. The molecule has 2 heterocycles. The Morgan fingerprint density at radius 2 is 2.13 bits per heavy atom. The maximum atomic E-state index is 12.9. The summed E-state index contributed by atoms with van der Waals surface area (Å²) in [5, 5.41) is 2.89. The fourth-order valence-corrected chi connectivity index (χ4v) is 3.07. The molecule has 2 fully saturated rings. The Hall–Kier alpha value is -1.95. The van der Waals surface area contributed by atoms with Gasteiger partial charge < -0.3 is 15.0 Å². The van der Waals surface area contributed by atoms with Gasteiger partial charge in [0.15, 0.2) is 0 Å². The highest BCUT2D eigenvalue weighted by molar-refractivity contribution is 5.89. The summed E-state index contributed by atoms with van der Waals surface area (Å²) in [6.07, 6.45) is 2.35. The van der Waals surface area contributed by atoms with E-state index in [0.717, 1.165) is 25.0 Å². The first-order valence-corrected chi connectivity index (χ1v) is 8.03. The van der Waals surface area contributed by atoms with Crippen LogP contribution in [0.25, 0.3) is 0 Å². The molecular weight excluding hydrogens is 299 g/mol. The summed E-state index contributed by atoms with van der Waals surface area (Å²) in [7, 11) is 0. The Labute approximate surface area is 134 Å². The average molecular weight is 320 g/mol. The van der Waals surface area contributed by atoms with E-state index in [0.29, 0.717) is 19.6 Å². The number of carbonyl (C=O) groups is 2. The summed E-state index contributed by atoms with van der Waals surface area (Å²) < 4.78 is 18.4. The molecule has 2 unspecified atom stereocenters. The van der Waals surface area contributed by atoms with E-state index in [9.17, 15) is 14.0 Å². The summed E-state index contributed by atoms with van der Waals surface area (Å²) in [4.78, 5) is 25.9. The highest BCUT2D eigenvalue weighted by atomic mass is 19.1. The molecule has 0 bridgehead atoms. The molecule has 1 aromatic rings. The van der Waals surface area contributed by atoms with Crippen LogP contribution in [0.1, 0.15) is 24.8 Å². The number of halogens is 1. The molecule has 2 saturated heterocycles. The van der Waals surface area contributed by atoms with Crippen molar-refractivity contribution in [2.45, 2.75) is 31.9 Å². The minimum absolute atomic E-state index is 0.0356. The maximum Gasteiger partial charge on any atom is 0.225 e. The number of benzene rings is 1. The second-order valence-corrected chi connectivity index (χ2v) is 6.18. The second kappa shape index (κ2) is 7.08. The Balaban J connectivity index is 1.50. The highest BCUT2D eigenvalue weighted by Crippen LogP contribution is 2.21. The molecule has 0 radical (unpaired) electrons. The molecule has 1 aromatic carbocycles. The molecule has 5 nitrogen and oxygen atoms in total. The number of nitrogens with zero attached hydrogens (tertiary/aromatic N) is 1. The normalized spacial score (nSPS) is 24.2. The van der Waals surface area contributed by atoms with Gasteiger partial charge in [0.2, 0.25) is 11.8 Å². The van der Waals surface area contributed by atoms with Gasteiger partial charge in [-0.05, 0) is 30.5 Å². The van der Waals surface area contributed by atoms with Crippen LogP contribution in [0.5, 0.6) is 0 Å². The Kier molecular flexibility index (Phi) is 4.91. The van der Waals surface area contributed by atoms with Crippen molar-refractivity contribution < 1.29 is 18.7 Å². The van der Waals surface area contributed by atoms with E-state index in [4.69, 9.17) is 4.74 Å². The van der Waals surface area contributed by atoms with Gasteiger partial charge >= 0.3 is 0 Å². The largest absolute Gasteiger partial charge is 0.376 e. The number of likely N-dealkylation sites (tertiary alicyclic amines) is 1. The van der Waals surface area contributed by atoms with E-state index in [1.54, 1.807) is 17.0 Å². The third-order valence-electron chi connectivity index (χ3n) is 4.40. The molecular formula is C17H21FN2O3. The first kappa shape index (κ1) is 15.9. The van der Waals surface area contributed by atoms with Gasteiger partial charge in [0.25, 0.3) is 0 Å². The van der Waals surface area contributed by atoms with Crippen molar-refractivity contribution in [2.75, 3.05) is 19.7 Å². The van der Waals surface area contributed by atoms with Gasteiger partial charge in [0.05, 0.1) is 12.0 Å². The Bertz CT molecular complexity index is 570. The third-order valence-corrected chi connectivity index (χ3v) is 4.40. The molecule has 6 heteroatoms. The average Bonchev–Trinajstić information content (AvgIpc) is 3.18. The second-order valence-electron chi connectivity index (χ2n) is 6.18. The quantitative estimate of drug-likeness (QED) is 0.894. The predicted octanol–water partition coefficient (Wildman–Crippen LogP) is 1.47. The summed E-state index contributed by atoms with van der Waals surface area (Å²) in [5.41, 5.74) is 0.861. The van der Waals surface area contributed by atoms with Crippen molar-refractivity contribution in [1.82, 2.24) is 10.2 Å². The summed E-state index contributed by atoms with van der Waals surface area (Å²) in [6.45, 7) is 2.09. The van der Waals surface area contributed by atoms with Gasteiger partial charge in [-0.3, -0.25) is 9.59 Å². The number of amides is 2. The monoisotopic (exact) mass is 320 g/mol. The lowest BCUT2D eigenvalue weighted by Crippen LogP contribution is -2.37. The van der Waals surface area contributed by atoms with E-state index in [2.05, 4.69) is 5.32 Å². The van der Waals surface area contributed by atoms with Crippen molar-refractivity contribution >= 4 is 11.8 Å². The predicted molar refractivity (Wildman–Crippen MR) is 81.9 cm³/mol. The number of nitrogens with one attached hydrogen (secondary N) is 1. The zero-order valence-electron chi connectivity index (χ0n) is 13.0. The molecule has 1 N–H and O–H groups in total. The Morgan fingerprint density at radius 1 is 1.35 bits per heavy atom. The van der Waals surface area contributed by atoms with Crippen LogP contribution in [0, 0.1) is 11.7 Å². The molecule has 2 atom stereocenters. The molecule has 0 saturated carbocycles. The lowest BCUT2D eigenvalue weighted by atomic mass is 10.1. The van der Waals surface area contributed by atoms with Crippen molar-refractivity contribution in [3.05, 3.63) is 35.6 Å². The lowest BCUT2D eigenvalue weighted by Gasteiger charge is -2.17. The molecule has 23 heavy (non-hydrogen) atoms. The molecule has 3 rings (SSSR count). The molecule has 0 aromatic heterocycles. The van der Waals surface area contributed by atoms with Crippen LogP contribution in [0.3, 0.4) is 0 Å². The zero-order valence-corrected chi connectivity index (χ0v) is 13.0. The third kappa shape index (κ3) is 4.07. The van der Waals surface area contributed by atoms with Gasteiger partial charge in [-0.15, -0.1) is 0 Å². The fourth-order valence-electron chi connectivity index (χ4n) is 3.07. The van der Waals surface area contributed by atoms with Crippen LogP contribution in [0.4, 0.5) is 4.39 Å². The van der Waals surface area contributed by atoms with Crippen LogP contribution in [-0.2, 0) is 20.9 Å². The topological polar surface area (TPSA) is 58.6 Å². The fraction of sp³-hybridized carbons (Fsp3) is 0.529. The van der Waals surface area contributed by atoms with Gasteiger partial charge in [-0.25, -0.2) is 4.39 Å². The Morgan fingerprint density at radius 3 is 2.83 bits per heavy atom. The lowest BCUT2D eigenvalue weighted by molar-refractivity contribution is -0.129. The first-order chi connectivity index (χ1) is 11.1. The van der Waals surface area contributed by atoms with E-state index in [1.165, 1.54) is 12.1 Å². The minimum atomic E-state index is -0.315. The molecule has 0 aliphatic carbocycles. The van der Waals surface area contributed by atoms with Crippen LogP contribution < -0.4 is 5.32 Å². The molecule has 2 amide bonds. The van der Waals surface area contributed by atoms with E-state index in [-0.39, 0.29) is 36.1 Å². The van der Waals surface area contributed by atoms with Crippen LogP contribution in [0.2, 0.25) is 0 Å².